The van der Waals surface area contributed by atoms with E-state index in [1.54, 1.807) is 85.8 Å². The molecule has 4 aromatic carbocycles. The van der Waals surface area contributed by atoms with Crippen molar-refractivity contribution in [1.29, 1.82) is 0 Å². The van der Waals surface area contributed by atoms with Crippen molar-refractivity contribution in [3.05, 3.63) is 136 Å². The number of nitrogens with zero attached hydrogens (tertiary/aromatic N) is 1. The summed E-state index contributed by atoms with van der Waals surface area (Å²) in [4.78, 5) is 61.7. The summed E-state index contributed by atoms with van der Waals surface area (Å²) in [7, 11) is 0. The van der Waals surface area contributed by atoms with Gasteiger partial charge in [-0.15, -0.1) is 11.8 Å². The zero-order valence-electron chi connectivity index (χ0n) is 24.0. The Kier molecular flexibility index (Phi) is 11.2. The number of amides is 3. The number of carbonyl (C=O) groups is 4. The Labute approximate surface area is 262 Å². The van der Waals surface area contributed by atoms with Crippen molar-refractivity contribution in [2.45, 2.75) is 11.8 Å². The molecule has 0 aliphatic carbocycles. The second-order valence-corrected chi connectivity index (χ2v) is 10.4. The van der Waals surface area contributed by atoms with Gasteiger partial charge in [-0.1, -0.05) is 24.3 Å². The van der Waals surface area contributed by atoms with Gasteiger partial charge in [0.1, 0.15) is 5.70 Å². The number of hydrogen-bond acceptors (Lipinski definition) is 8. The third kappa shape index (κ3) is 9.63. The van der Waals surface area contributed by atoms with E-state index in [0.29, 0.717) is 33.0 Å². The van der Waals surface area contributed by atoms with Crippen LogP contribution in [0.3, 0.4) is 0 Å². The highest BCUT2D eigenvalue weighted by molar-refractivity contribution is 8.00. The summed E-state index contributed by atoms with van der Waals surface area (Å²) in [6.07, 6.45) is 1.42. The van der Waals surface area contributed by atoms with Crippen molar-refractivity contribution < 1.29 is 28.8 Å². The third-order valence-electron chi connectivity index (χ3n) is 6.09. The minimum atomic E-state index is -0.621. The first-order chi connectivity index (χ1) is 21.7. The lowest BCUT2D eigenvalue weighted by Gasteiger charge is -2.12. The van der Waals surface area contributed by atoms with Crippen molar-refractivity contribution in [3.8, 4) is 0 Å². The predicted molar refractivity (Wildman–Crippen MR) is 172 cm³/mol. The van der Waals surface area contributed by atoms with Crippen molar-refractivity contribution in [1.82, 2.24) is 5.32 Å². The van der Waals surface area contributed by atoms with Gasteiger partial charge in [-0.25, -0.2) is 4.79 Å². The number of esters is 1. The van der Waals surface area contributed by atoms with Crippen LogP contribution in [0.2, 0.25) is 0 Å². The molecule has 0 atom stereocenters. The molecule has 0 radical (unpaired) electrons. The first kappa shape index (κ1) is 32.2. The Balaban J connectivity index is 1.42. The Morgan fingerprint density at radius 2 is 1.53 bits per heavy atom. The zero-order chi connectivity index (χ0) is 32.2. The number of rotatable bonds is 12. The van der Waals surface area contributed by atoms with Gasteiger partial charge in [0.15, 0.2) is 0 Å². The Morgan fingerprint density at radius 3 is 2.20 bits per heavy atom. The summed E-state index contributed by atoms with van der Waals surface area (Å²) < 4.78 is 4.96. The Morgan fingerprint density at radius 1 is 0.822 bits per heavy atom. The number of nitro groups is 1. The molecule has 0 saturated heterocycles. The largest absolute Gasteiger partial charge is 0.462 e. The van der Waals surface area contributed by atoms with Crippen LogP contribution in [-0.2, 0) is 14.3 Å². The van der Waals surface area contributed by atoms with E-state index in [4.69, 9.17) is 4.74 Å². The number of benzene rings is 4. The summed E-state index contributed by atoms with van der Waals surface area (Å²) in [5, 5.41) is 19.2. The average Bonchev–Trinajstić information content (AvgIpc) is 3.04. The first-order valence-electron chi connectivity index (χ1n) is 13.7. The van der Waals surface area contributed by atoms with E-state index in [1.165, 1.54) is 42.1 Å². The average molecular weight is 625 g/mol. The highest BCUT2D eigenvalue weighted by Crippen LogP contribution is 2.23. The van der Waals surface area contributed by atoms with Gasteiger partial charge in [-0.05, 0) is 85.3 Å². The van der Waals surface area contributed by atoms with Crippen LogP contribution in [0.5, 0.6) is 0 Å². The van der Waals surface area contributed by atoms with Gasteiger partial charge < -0.3 is 20.7 Å². The van der Waals surface area contributed by atoms with Crippen LogP contribution in [0.25, 0.3) is 6.08 Å². The topological polar surface area (TPSA) is 157 Å². The molecule has 0 fully saturated rings. The SMILES string of the molecule is CCOC(=O)c1ccc(NC(=O)CSc2cccc(NC(=O)/C(=C\c3ccc([N+](=O)[O-])cc3)NC(=O)c3ccccc3)c2)cc1. The molecule has 0 spiro atoms. The number of hydrogen-bond donors (Lipinski definition) is 3. The molecule has 0 aliphatic rings. The molecule has 228 valence electrons. The Hall–Kier alpha value is -5.75. The minimum Gasteiger partial charge on any atom is -0.462 e. The van der Waals surface area contributed by atoms with Crippen LogP contribution in [0.15, 0.2) is 114 Å². The Bertz CT molecular complexity index is 1720. The summed E-state index contributed by atoms with van der Waals surface area (Å²) in [6, 6.07) is 27.1. The van der Waals surface area contributed by atoms with E-state index in [0.717, 1.165) is 0 Å². The van der Waals surface area contributed by atoms with Crippen LogP contribution in [0.1, 0.15) is 33.2 Å². The zero-order valence-corrected chi connectivity index (χ0v) is 24.8. The smallest absolute Gasteiger partial charge is 0.338 e. The fourth-order valence-corrected chi connectivity index (χ4v) is 4.67. The van der Waals surface area contributed by atoms with E-state index in [1.807, 2.05) is 0 Å². The molecule has 4 rings (SSSR count). The molecule has 0 bridgehead atoms. The molecule has 0 heterocycles. The van der Waals surface area contributed by atoms with Gasteiger partial charge in [-0.2, -0.15) is 0 Å². The van der Waals surface area contributed by atoms with Crippen LogP contribution in [-0.4, -0.2) is 41.0 Å². The molecule has 12 heteroatoms. The molecule has 0 saturated carbocycles. The third-order valence-corrected chi connectivity index (χ3v) is 7.08. The fourth-order valence-electron chi connectivity index (χ4n) is 3.91. The van der Waals surface area contributed by atoms with Crippen molar-refractivity contribution in [2.75, 3.05) is 23.0 Å². The normalized spacial score (nSPS) is 10.8. The molecular weight excluding hydrogens is 596 g/mol. The molecule has 0 aliphatic heterocycles. The second kappa shape index (κ2) is 15.6. The number of carbonyl (C=O) groups excluding carboxylic acids is 4. The van der Waals surface area contributed by atoms with Gasteiger partial charge in [0.2, 0.25) is 5.91 Å². The lowest BCUT2D eigenvalue weighted by molar-refractivity contribution is -0.384. The number of thioether (sulfide) groups is 1. The van der Waals surface area contributed by atoms with E-state index < -0.39 is 22.7 Å². The van der Waals surface area contributed by atoms with Gasteiger partial charge >= 0.3 is 5.97 Å². The highest BCUT2D eigenvalue weighted by atomic mass is 32.2. The highest BCUT2D eigenvalue weighted by Gasteiger charge is 2.16. The van der Waals surface area contributed by atoms with E-state index in [2.05, 4.69) is 16.0 Å². The second-order valence-electron chi connectivity index (χ2n) is 9.34. The molecule has 45 heavy (non-hydrogen) atoms. The van der Waals surface area contributed by atoms with E-state index in [9.17, 15) is 29.3 Å². The summed E-state index contributed by atoms with van der Waals surface area (Å²) in [5.74, 6) is -1.76. The summed E-state index contributed by atoms with van der Waals surface area (Å²) in [5.41, 5.74) is 1.94. The standard InChI is InChI=1S/C33H28N4O7S/c1-2-44-33(41)24-13-15-25(16-14-24)34-30(38)21-45-28-10-6-9-26(20-28)35-32(40)29(36-31(39)23-7-4-3-5-8-23)19-22-11-17-27(18-12-22)37(42)43/h3-20H,2,21H2,1H3,(H,34,38)(H,35,40)(H,36,39)/b29-19+. The lowest BCUT2D eigenvalue weighted by Crippen LogP contribution is -2.30. The van der Waals surface area contributed by atoms with Gasteiger partial charge in [0, 0.05) is 34.0 Å². The molecule has 11 nitrogen and oxygen atoms in total. The van der Waals surface area contributed by atoms with Crippen molar-refractivity contribution >= 4 is 58.6 Å². The first-order valence-corrected chi connectivity index (χ1v) is 14.6. The van der Waals surface area contributed by atoms with Crippen LogP contribution < -0.4 is 16.0 Å². The number of nitrogens with one attached hydrogen (secondary N) is 3. The maximum Gasteiger partial charge on any atom is 0.338 e. The van der Waals surface area contributed by atoms with Crippen LogP contribution >= 0.6 is 11.8 Å². The number of ether oxygens (including phenoxy) is 1. The maximum atomic E-state index is 13.3. The summed E-state index contributed by atoms with van der Waals surface area (Å²) in [6.45, 7) is 1.99. The van der Waals surface area contributed by atoms with Crippen molar-refractivity contribution in [2.24, 2.45) is 0 Å². The fraction of sp³-hybridized carbons (Fsp3) is 0.0909. The molecule has 3 N–H and O–H groups in total. The van der Waals surface area contributed by atoms with Gasteiger partial charge in [0.05, 0.1) is 22.8 Å². The van der Waals surface area contributed by atoms with E-state index >= 15 is 0 Å². The monoisotopic (exact) mass is 624 g/mol. The lowest BCUT2D eigenvalue weighted by atomic mass is 10.1. The van der Waals surface area contributed by atoms with Crippen LogP contribution in [0.4, 0.5) is 17.1 Å². The summed E-state index contributed by atoms with van der Waals surface area (Å²) >= 11 is 1.25. The number of non-ortho nitro benzene ring substituents is 1. The number of nitro benzene ring substituents is 1. The maximum absolute atomic E-state index is 13.3. The molecule has 0 aromatic heterocycles. The predicted octanol–water partition coefficient (Wildman–Crippen LogP) is 5.91. The van der Waals surface area contributed by atoms with Crippen LogP contribution in [0, 0.1) is 10.1 Å². The van der Waals surface area contributed by atoms with E-state index in [-0.39, 0.29) is 29.7 Å². The quantitative estimate of drug-likeness (QED) is 0.0577. The molecule has 0 unspecified atom stereocenters. The molecule has 3 amide bonds. The van der Waals surface area contributed by atoms with Gasteiger partial charge in [-0.3, -0.25) is 24.5 Å². The molecular formula is C33H28N4O7S. The van der Waals surface area contributed by atoms with Gasteiger partial charge in [0.25, 0.3) is 17.5 Å². The number of anilines is 2. The molecule has 4 aromatic rings. The van der Waals surface area contributed by atoms with Crippen molar-refractivity contribution in [3.63, 3.8) is 0 Å². The minimum absolute atomic E-state index is 0.0788.